The number of para-hydroxylation sites is 1. The van der Waals surface area contributed by atoms with E-state index in [9.17, 15) is 14.0 Å². The molecular formula is C50H47Cl2FN12O2. The minimum atomic E-state index is -0.582. The number of imidazole rings is 2. The molecule has 8 aromatic rings. The lowest BCUT2D eigenvalue weighted by molar-refractivity contribution is 0.203. The van der Waals surface area contributed by atoms with Gasteiger partial charge in [-0.15, -0.1) is 0 Å². The zero-order valence-electron chi connectivity index (χ0n) is 36.4. The summed E-state index contributed by atoms with van der Waals surface area (Å²) in [6.07, 6.45) is 17.7. The Labute approximate surface area is 395 Å². The number of amidine groups is 2. The molecule has 4 aromatic carbocycles. The number of hydrogen-bond donors (Lipinski definition) is 3. The van der Waals surface area contributed by atoms with Gasteiger partial charge in [0.25, 0.3) is 0 Å². The molecule has 14 nitrogen and oxygen atoms in total. The Morgan fingerprint density at radius 1 is 0.672 bits per heavy atom. The summed E-state index contributed by atoms with van der Waals surface area (Å²) in [5.74, 6) is 0.520. The molecule has 0 aliphatic carbocycles. The first-order valence-electron chi connectivity index (χ1n) is 22.3. The first kappa shape index (κ1) is 43.7. The second-order valence-electron chi connectivity index (χ2n) is 16.7. The van der Waals surface area contributed by atoms with E-state index in [1.54, 1.807) is 36.0 Å². The van der Waals surface area contributed by atoms with Gasteiger partial charge in [-0.05, 0) is 78.8 Å². The van der Waals surface area contributed by atoms with Crippen molar-refractivity contribution in [3.05, 3.63) is 173 Å². The summed E-state index contributed by atoms with van der Waals surface area (Å²) in [7, 11) is 0. The number of hydrogen-bond acceptors (Lipinski definition) is 6. The van der Waals surface area contributed by atoms with Crippen LogP contribution in [-0.4, -0.2) is 88.4 Å². The van der Waals surface area contributed by atoms with Gasteiger partial charge in [-0.1, -0.05) is 71.7 Å². The molecule has 2 aliphatic heterocycles. The third-order valence-corrected chi connectivity index (χ3v) is 13.1. The molecule has 0 spiro atoms. The predicted molar refractivity (Wildman–Crippen MR) is 260 cm³/mol. The van der Waals surface area contributed by atoms with Gasteiger partial charge in [0.05, 0.1) is 23.2 Å². The smallest absolute Gasteiger partial charge is 0.323 e. The molecule has 2 fully saturated rings. The second-order valence-corrected chi connectivity index (χ2v) is 17.5. The van der Waals surface area contributed by atoms with Crippen molar-refractivity contribution in [2.75, 3.05) is 26.2 Å². The second kappa shape index (κ2) is 19.3. The quantitative estimate of drug-likeness (QED) is 0.0835. The van der Waals surface area contributed by atoms with Crippen LogP contribution in [0.15, 0.2) is 145 Å². The lowest BCUT2D eigenvalue weighted by atomic mass is 10.0. The Bertz CT molecular complexity index is 3120. The Morgan fingerprint density at radius 2 is 1.33 bits per heavy atom. The van der Waals surface area contributed by atoms with Crippen molar-refractivity contribution in [3.63, 3.8) is 0 Å². The molecule has 3 N–H and O–H groups in total. The summed E-state index contributed by atoms with van der Waals surface area (Å²) < 4.78 is 20.9. The summed E-state index contributed by atoms with van der Waals surface area (Å²) in [6, 6.07) is 25.5. The third-order valence-electron chi connectivity index (χ3n) is 12.5. The molecule has 4 aromatic heterocycles. The van der Waals surface area contributed by atoms with Gasteiger partial charge in [0.1, 0.15) is 29.6 Å². The highest BCUT2D eigenvalue weighted by molar-refractivity contribution is 6.32. The van der Waals surface area contributed by atoms with Gasteiger partial charge < -0.3 is 28.5 Å². The Kier molecular flexibility index (Phi) is 12.6. The zero-order valence-corrected chi connectivity index (χ0v) is 37.9. The van der Waals surface area contributed by atoms with Gasteiger partial charge in [0, 0.05) is 109 Å². The minimum Gasteiger partial charge on any atom is -0.361 e. The van der Waals surface area contributed by atoms with Crippen molar-refractivity contribution in [2.45, 2.75) is 50.9 Å². The normalized spacial score (nSPS) is 17.5. The number of carbonyl (C=O) groups excluding carboxylic acids is 2. The van der Waals surface area contributed by atoms with E-state index >= 15 is 0 Å². The number of aliphatic imine (C=N–C) groups is 2. The summed E-state index contributed by atoms with van der Waals surface area (Å²) in [5, 5.41) is 8.82. The molecule has 0 bridgehead atoms. The Hall–Kier alpha value is -7.23. The number of fused-ring (bicyclic) bond motifs is 2. The first-order chi connectivity index (χ1) is 32.8. The van der Waals surface area contributed by atoms with Crippen LogP contribution in [0.2, 0.25) is 10.0 Å². The number of H-pyrrole nitrogens is 1. The SMILES string of the molecule is O=C1NC(=NCCc2cn(-c3ccc4c(CCN=C5NC(=O)N(CCCn6ccnc6)C5c5ccccc5Cl)c[nH]c4c3)c3ccccc23)C(c2ccc(Cl)c(F)c2)N1CCCn1ccnc1. The van der Waals surface area contributed by atoms with Gasteiger partial charge >= 0.3 is 12.1 Å². The number of amides is 4. The summed E-state index contributed by atoms with van der Waals surface area (Å²) in [4.78, 5) is 51.9. The maximum atomic E-state index is 14.8. The van der Waals surface area contributed by atoms with Crippen LogP contribution in [0.25, 0.3) is 27.5 Å². The van der Waals surface area contributed by atoms with Gasteiger partial charge in [0.15, 0.2) is 0 Å². The molecule has 0 saturated carbocycles. The van der Waals surface area contributed by atoms with Crippen LogP contribution in [0, 0.1) is 5.82 Å². The van der Waals surface area contributed by atoms with E-state index in [1.165, 1.54) is 12.1 Å². The largest absolute Gasteiger partial charge is 0.361 e. The fraction of sp³-hybridized carbons (Fsp3) is 0.240. The standard InChI is InChI=1S/C50H47Cl2FN12O2/c51-40-9-3-1-8-39(40)46-48(60-50(67)64(46)24-6-22-62-26-20-55-32-62)57-17-15-34-29-58-43-28-36(12-13-37(34)43)65-30-35(38-7-2-4-10-44(38)65)16-18-56-47-45(33-11-14-41(52)42(53)27-33)63(49(66)59-47)23-5-21-61-25-19-54-31-61/h1-4,7-14,19-20,25-32,45-46,58H,5-6,15-18,21-24H2,(H,56,59,66)(H,57,60,67). The maximum Gasteiger partial charge on any atom is 0.323 e. The molecule has 4 amide bonds. The van der Waals surface area contributed by atoms with E-state index in [4.69, 9.17) is 33.2 Å². The number of halogens is 3. The topological polar surface area (TPSA) is 146 Å². The lowest BCUT2D eigenvalue weighted by Crippen LogP contribution is -2.31. The molecule has 17 heteroatoms. The van der Waals surface area contributed by atoms with Crippen LogP contribution in [0.4, 0.5) is 14.0 Å². The van der Waals surface area contributed by atoms with E-state index in [1.807, 2.05) is 69.0 Å². The van der Waals surface area contributed by atoms with Gasteiger partial charge in [-0.2, -0.15) is 0 Å². The maximum absolute atomic E-state index is 14.8. The van der Waals surface area contributed by atoms with E-state index in [0.29, 0.717) is 74.2 Å². The van der Waals surface area contributed by atoms with E-state index in [0.717, 1.165) is 57.1 Å². The summed E-state index contributed by atoms with van der Waals surface area (Å²) in [6.45, 7) is 3.24. The van der Waals surface area contributed by atoms with E-state index in [2.05, 4.69) is 66.7 Å². The highest BCUT2D eigenvalue weighted by atomic mass is 35.5. The number of aryl methyl sites for hydroxylation is 2. The summed E-state index contributed by atoms with van der Waals surface area (Å²) >= 11 is 12.8. The monoisotopic (exact) mass is 936 g/mol. The molecule has 2 aliphatic rings. The van der Waals surface area contributed by atoms with Crippen LogP contribution < -0.4 is 10.6 Å². The highest BCUT2D eigenvalue weighted by Gasteiger charge is 2.39. The van der Waals surface area contributed by atoms with Crippen LogP contribution in [0.1, 0.15) is 47.2 Å². The minimum absolute atomic E-state index is 0.0191. The molecule has 10 rings (SSSR count). The van der Waals surface area contributed by atoms with Crippen molar-refractivity contribution in [2.24, 2.45) is 9.98 Å². The highest BCUT2D eigenvalue weighted by Crippen LogP contribution is 2.34. The van der Waals surface area contributed by atoms with Crippen molar-refractivity contribution in [1.82, 2.24) is 49.1 Å². The van der Waals surface area contributed by atoms with Gasteiger partial charge in [-0.25, -0.2) is 23.9 Å². The van der Waals surface area contributed by atoms with Gasteiger partial charge in [0.2, 0.25) is 0 Å². The average Bonchev–Trinajstić information content (AvgIpc) is 4.21. The molecule has 67 heavy (non-hydrogen) atoms. The fourth-order valence-electron chi connectivity index (χ4n) is 9.25. The molecule has 2 unspecified atom stereocenters. The number of nitrogens with one attached hydrogen (secondary N) is 3. The van der Waals surface area contributed by atoms with Gasteiger partial charge in [-0.3, -0.25) is 20.6 Å². The van der Waals surface area contributed by atoms with Crippen LogP contribution in [0.5, 0.6) is 0 Å². The molecule has 0 radical (unpaired) electrons. The number of rotatable bonds is 17. The van der Waals surface area contributed by atoms with E-state index < -0.39 is 17.9 Å². The predicted octanol–water partition coefficient (Wildman–Crippen LogP) is 9.55. The number of carbonyl (C=O) groups is 2. The third kappa shape index (κ3) is 9.16. The number of aromatic nitrogens is 6. The zero-order chi connectivity index (χ0) is 45.9. The van der Waals surface area contributed by atoms with Crippen LogP contribution >= 0.6 is 23.2 Å². The fourth-order valence-corrected chi connectivity index (χ4v) is 9.60. The van der Waals surface area contributed by atoms with Crippen LogP contribution in [-0.2, 0) is 25.9 Å². The number of aromatic amines is 1. The Morgan fingerprint density at radius 3 is 2.01 bits per heavy atom. The molecule has 6 heterocycles. The molecular weight excluding hydrogens is 891 g/mol. The van der Waals surface area contributed by atoms with Crippen molar-refractivity contribution >= 4 is 68.7 Å². The van der Waals surface area contributed by atoms with Crippen molar-refractivity contribution < 1.29 is 14.0 Å². The van der Waals surface area contributed by atoms with Crippen molar-refractivity contribution in [1.29, 1.82) is 0 Å². The Balaban J connectivity index is 0.844. The molecule has 2 saturated heterocycles. The lowest BCUT2D eigenvalue weighted by Gasteiger charge is -2.24. The number of urea groups is 2. The summed E-state index contributed by atoms with van der Waals surface area (Å²) in [5.41, 5.74) is 6.71. The number of nitrogens with zero attached hydrogens (tertiary/aromatic N) is 9. The van der Waals surface area contributed by atoms with Crippen molar-refractivity contribution in [3.8, 4) is 5.69 Å². The number of benzene rings is 4. The molecule has 2 atom stereocenters. The van der Waals surface area contributed by atoms with E-state index in [-0.39, 0.29) is 17.1 Å². The molecule has 340 valence electrons. The average molecular weight is 938 g/mol. The van der Waals surface area contributed by atoms with Crippen LogP contribution in [0.3, 0.4) is 0 Å². The first-order valence-corrected chi connectivity index (χ1v) is 23.1.